The Hall–Kier alpha value is -2.53. The van der Waals surface area contributed by atoms with Crippen molar-refractivity contribution < 1.29 is 24.3 Å². The van der Waals surface area contributed by atoms with Crippen LogP contribution in [0.3, 0.4) is 0 Å². The van der Waals surface area contributed by atoms with Gasteiger partial charge in [0.2, 0.25) is 5.91 Å². The molecule has 2 unspecified atom stereocenters. The molecule has 2 atom stereocenters. The van der Waals surface area contributed by atoms with Crippen molar-refractivity contribution in [3.63, 3.8) is 0 Å². The normalized spacial score (nSPS) is 22.9. The van der Waals surface area contributed by atoms with Gasteiger partial charge in [-0.3, -0.25) is 19.2 Å². The zero-order valence-corrected chi connectivity index (χ0v) is 13.5. The number of carbonyl (C=O) groups excluding carboxylic acids is 3. The summed E-state index contributed by atoms with van der Waals surface area (Å²) < 4.78 is 0.590. The number of hydrogen-bond donors (Lipinski definition) is 2. The van der Waals surface area contributed by atoms with Crippen molar-refractivity contribution in [2.45, 2.75) is 12.3 Å². The predicted molar refractivity (Wildman–Crippen MR) is 80.6 cm³/mol. The first-order chi connectivity index (χ1) is 10.7. The smallest absolute Gasteiger partial charge is 0.322 e. The molecule has 8 heteroatoms. The van der Waals surface area contributed by atoms with Crippen molar-refractivity contribution in [1.82, 2.24) is 5.32 Å². The first-order valence-electron chi connectivity index (χ1n) is 6.51. The lowest BCUT2D eigenvalue weighted by atomic mass is 9.66. The van der Waals surface area contributed by atoms with E-state index in [2.05, 4.69) is 15.9 Å². The number of ketones is 2. The summed E-state index contributed by atoms with van der Waals surface area (Å²) in [5.74, 6) is -5.65. The average Bonchev–Trinajstić information content (AvgIpc) is 2.50. The molecule has 2 rings (SSSR count). The summed E-state index contributed by atoms with van der Waals surface area (Å²) in [7, 11) is 0. The van der Waals surface area contributed by atoms with E-state index in [1.165, 1.54) is 19.1 Å². The maximum Gasteiger partial charge on any atom is 0.322 e. The van der Waals surface area contributed by atoms with Crippen LogP contribution in [0.1, 0.15) is 22.8 Å². The van der Waals surface area contributed by atoms with Crippen LogP contribution in [0, 0.1) is 17.2 Å². The van der Waals surface area contributed by atoms with Crippen LogP contribution in [0.4, 0.5) is 0 Å². The van der Waals surface area contributed by atoms with Crippen LogP contribution in [0.2, 0.25) is 0 Å². The summed E-state index contributed by atoms with van der Waals surface area (Å²) in [4.78, 5) is 47.7. The molecule has 2 N–H and O–H groups in total. The van der Waals surface area contributed by atoms with Gasteiger partial charge in [0.25, 0.3) is 0 Å². The zero-order valence-electron chi connectivity index (χ0n) is 11.9. The van der Waals surface area contributed by atoms with Gasteiger partial charge in [0.1, 0.15) is 12.0 Å². The minimum absolute atomic E-state index is 0.104. The van der Waals surface area contributed by atoms with Crippen molar-refractivity contribution >= 4 is 39.4 Å². The van der Waals surface area contributed by atoms with Gasteiger partial charge in [-0.25, -0.2) is 0 Å². The van der Waals surface area contributed by atoms with E-state index in [1.807, 2.05) is 11.4 Å². The molecule has 0 heterocycles. The number of nitrogens with zero attached hydrogens (tertiary/aromatic N) is 1. The number of Topliss-reactive ketones (excluding diaryl/α,β-unsaturated/α-hetero) is 2. The number of benzene rings is 1. The second-order valence-electron chi connectivity index (χ2n) is 5.20. The number of hydrogen-bond acceptors (Lipinski definition) is 5. The van der Waals surface area contributed by atoms with E-state index >= 15 is 0 Å². The first-order valence-corrected chi connectivity index (χ1v) is 7.31. The van der Waals surface area contributed by atoms with E-state index in [0.717, 1.165) is 0 Å². The summed E-state index contributed by atoms with van der Waals surface area (Å²) in [6.07, 6.45) is 0. The highest BCUT2D eigenvalue weighted by molar-refractivity contribution is 9.10. The quantitative estimate of drug-likeness (QED) is 0.749. The van der Waals surface area contributed by atoms with Crippen LogP contribution >= 0.6 is 15.9 Å². The number of fused-ring (bicyclic) bond motifs is 1. The van der Waals surface area contributed by atoms with Crippen molar-refractivity contribution in [1.29, 1.82) is 5.26 Å². The van der Waals surface area contributed by atoms with Crippen molar-refractivity contribution in [3.05, 3.63) is 33.8 Å². The lowest BCUT2D eigenvalue weighted by Gasteiger charge is -2.32. The summed E-state index contributed by atoms with van der Waals surface area (Å²) in [6, 6.07) is 6.36. The highest BCUT2D eigenvalue weighted by atomic mass is 79.9. The Morgan fingerprint density at radius 3 is 2.65 bits per heavy atom. The van der Waals surface area contributed by atoms with E-state index < -0.39 is 41.3 Å². The van der Waals surface area contributed by atoms with E-state index in [4.69, 9.17) is 5.11 Å². The van der Waals surface area contributed by atoms with E-state index in [9.17, 15) is 24.4 Å². The second-order valence-corrected chi connectivity index (χ2v) is 6.12. The van der Waals surface area contributed by atoms with E-state index in [1.54, 1.807) is 6.07 Å². The molecule has 0 aromatic heterocycles. The Morgan fingerprint density at radius 1 is 1.43 bits per heavy atom. The zero-order chi connectivity index (χ0) is 17.4. The molecule has 1 aromatic carbocycles. The van der Waals surface area contributed by atoms with Gasteiger partial charge in [-0.2, -0.15) is 5.26 Å². The standard InChI is InChI=1S/C15H11BrN2O5/c1-15(6-17)9-4-7(16)2-3-8(9)12(21)11(13(15)22)14(23)18-5-10(19)20/h2-4,11H,5H2,1H3,(H,18,23)(H,19,20). The van der Waals surface area contributed by atoms with Crippen LogP contribution in [-0.2, 0) is 19.8 Å². The average molecular weight is 379 g/mol. The monoisotopic (exact) mass is 378 g/mol. The number of carbonyl (C=O) groups is 4. The van der Waals surface area contributed by atoms with Crippen LogP contribution < -0.4 is 5.32 Å². The number of nitrogens with one attached hydrogen (secondary N) is 1. The molecule has 0 spiro atoms. The maximum atomic E-state index is 12.6. The van der Waals surface area contributed by atoms with Gasteiger partial charge in [0, 0.05) is 10.0 Å². The van der Waals surface area contributed by atoms with Crippen molar-refractivity contribution in [2.24, 2.45) is 5.92 Å². The fourth-order valence-corrected chi connectivity index (χ4v) is 2.82. The maximum absolute atomic E-state index is 12.6. The first kappa shape index (κ1) is 16.8. The SMILES string of the molecule is CC1(C#N)C(=O)C(C(=O)NCC(=O)O)C(=O)c2ccc(Br)cc21. The number of carboxylic acids is 1. The Balaban J connectivity index is 2.53. The summed E-state index contributed by atoms with van der Waals surface area (Å²) in [5, 5.41) is 20.0. The van der Waals surface area contributed by atoms with Crippen LogP contribution in [0.25, 0.3) is 0 Å². The minimum atomic E-state index is -1.73. The van der Waals surface area contributed by atoms with Gasteiger partial charge in [-0.1, -0.05) is 15.9 Å². The molecule has 0 aliphatic heterocycles. The van der Waals surface area contributed by atoms with Gasteiger partial charge in [-0.05, 0) is 30.7 Å². The van der Waals surface area contributed by atoms with E-state index in [-0.39, 0.29) is 11.1 Å². The fourth-order valence-electron chi connectivity index (χ4n) is 2.46. The minimum Gasteiger partial charge on any atom is -0.480 e. The van der Waals surface area contributed by atoms with E-state index in [0.29, 0.717) is 4.47 Å². The fraction of sp³-hybridized carbons (Fsp3) is 0.267. The molecule has 1 aromatic rings. The second kappa shape index (κ2) is 5.93. The third kappa shape index (κ3) is 2.75. The Kier molecular flexibility index (Phi) is 4.34. The number of amides is 1. The topological polar surface area (TPSA) is 124 Å². The Bertz CT molecular complexity index is 783. The van der Waals surface area contributed by atoms with Gasteiger partial charge < -0.3 is 10.4 Å². The molecule has 0 saturated carbocycles. The Morgan fingerprint density at radius 2 is 2.09 bits per heavy atom. The molecule has 118 valence electrons. The molecule has 0 fully saturated rings. The molecular weight excluding hydrogens is 368 g/mol. The highest BCUT2D eigenvalue weighted by Gasteiger charge is 2.52. The number of rotatable bonds is 3. The summed E-state index contributed by atoms with van der Waals surface area (Å²) in [5.41, 5.74) is -1.34. The molecule has 7 nitrogen and oxygen atoms in total. The third-order valence-corrected chi connectivity index (χ3v) is 4.20. The molecule has 0 saturated heterocycles. The number of nitriles is 1. The van der Waals surface area contributed by atoms with Gasteiger partial charge in [0.15, 0.2) is 17.5 Å². The van der Waals surface area contributed by atoms with Gasteiger partial charge in [-0.15, -0.1) is 0 Å². The van der Waals surface area contributed by atoms with Crippen molar-refractivity contribution in [2.75, 3.05) is 6.54 Å². The molecule has 0 radical (unpaired) electrons. The number of aliphatic carboxylic acids is 1. The van der Waals surface area contributed by atoms with Gasteiger partial charge >= 0.3 is 5.97 Å². The molecule has 23 heavy (non-hydrogen) atoms. The van der Waals surface area contributed by atoms with Crippen LogP contribution in [-0.4, -0.2) is 35.1 Å². The van der Waals surface area contributed by atoms with Crippen LogP contribution in [0.15, 0.2) is 22.7 Å². The predicted octanol–water partition coefficient (Wildman–Crippen LogP) is 0.813. The van der Waals surface area contributed by atoms with Gasteiger partial charge in [0.05, 0.1) is 6.07 Å². The third-order valence-electron chi connectivity index (χ3n) is 3.70. The molecule has 1 aliphatic rings. The largest absolute Gasteiger partial charge is 0.480 e. The number of halogens is 1. The molecule has 0 bridgehead atoms. The molecular formula is C15H11BrN2O5. The number of carboxylic acid groups (broad SMARTS) is 1. The summed E-state index contributed by atoms with van der Waals surface area (Å²) >= 11 is 3.22. The van der Waals surface area contributed by atoms with Crippen LogP contribution in [0.5, 0.6) is 0 Å². The molecule has 1 amide bonds. The van der Waals surface area contributed by atoms with Crippen molar-refractivity contribution in [3.8, 4) is 6.07 Å². The lowest BCUT2D eigenvalue weighted by molar-refractivity contribution is -0.140. The highest BCUT2D eigenvalue weighted by Crippen LogP contribution is 2.38. The summed E-state index contributed by atoms with van der Waals surface area (Å²) in [6.45, 7) is 0.622. The molecule has 1 aliphatic carbocycles. The lowest BCUT2D eigenvalue weighted by Crippen LogP contribution is -2.52. The Labute approximate surface area is 139 Å².